The fourth-order valence-electron chi connectivity index (χ4n) is 3.00. The highest BCUT2D eigenvalue weighted by Gasteiger charge is 2.29. The Kier molecular flexibility index (Phi) is 4.89. The Balaban J connectivity index is 2.00. The summed E-state index contributed by atoms with van der Waals surface area (Å²) in [6, 6.07) is 8.01. The van der Waals surface area contributed by atoms with E-state index in [1.807, 2.05) is 26.0 Å². The van der Waals surface area contributed by atoms with E-state index in [1.54, 1.807) is 12.1 Å². The molecule has 3 rings (SSSR count). The first-order valence-electron chi connectivity index (χ1n) is 8.45. The van der Waals surface area contributed by atoms with Crippen molar-refractivity contribution in [3.8, 4) is 23.0 Å². The second-order valence-corrected chi connectivity index (χ2v) is 6.63. The summed E-state index contributed by atoms with van der Waals surface area (Å²) in [5.74, 6) is 0.800. The number of carbonyl (C=O) groups excluding carboxylic acids is 1. The van der Waals surface area contributed by atoms with E-state index in [4.69, 9.17) is 9.47 Å². The molecule has 26 heavy (non-hydrogen) atoms. The van der Waals surface area contributed by atoms with Crippen molar-refractivity contribution in [3.63, 3.8) is 0 Å². The highest BCUT2D eigenvalue weighted by atomic mass is 16.5. The number of methoxy groups -OCH3 is 1. The van der Waals surface area contributed by atoms with Gasteiger partial charge >= 0.3 is 0 Å². The maximum atomic E-state index is 12.5. The molecule has 1 aliphatic rings. The van der Waals surface area contributed by atoms with E-state index >= 15 is 0 Å². The minimum atomic E-state index is -0.503. The predicted molar refractivity (Wildman–Crippen MR) is 98.2 cm³/mol. The number of Topliss-reactive ketones (excluding diaryl/α,β-unsaturated/α-hetero) is 1. The van der Waals surface area contributed by atoms with Crippen LogP contribution in [0.25, 0.3) is 0 Å². The second-order valence-electron chi connectivity index (χ2n) is 6.63. The number of fused-ring (bicyclic) bond motifs is 1. The number of aromatic hydroxyl groups is 2. The van der Waals surface area contributed by atoms with Gasteiger partial charge in [-0.3, -0.25) is 4.79 Å². The van der Waals surface area contributed by atoms with Crippen molar-refractivity contribution in [1.29, 1.82) is 0 Å². The van der Waals surface area contributed by atoms with Gasteiger partial charge in [0.05, 0.1) is 19.1 Å². The highest BCUT2D eigenvalue weighted by Crippen LogP contribution is 2.40. The molecule has 1 heterocycles. The molecular formula is C21H22O5. The van der Waals surface area contributed by atoms with E-state index in [-0.39, 0.29) is 23.7 Å². The number of ketones is 1. The predicted octanol–water partition coefficient (Wildman–Crippen LogP) is 4.32. The van der Waals surface area contributed by atoms with Crippen molar-refractivity contribution >= 4 is 5.78 Å². The topological polar surface area (TPSA) is 76.0 Å². The monoisotopic (exact) mass is 354 g/mol. The molecule has 1 atom stereocenters. The lowest BCUT2D eigenvalue weighted by Gasteiger charge is -2.26. The summed E-state index contributed by atoms with van der Waals surface area (Å²) in [6.07, 6.45) is 2.25. The van der Waals surface area contributed by atoms with E-state index in [0.29, 0.717) is 29.0 Å². The van der Waals surface area contributed by atoms with E-state index in [2.05, 4.69) is 0 Å². The standard InChI is InChI=1S/C21H22O5/c1-12(2)4-5-13-8-14(9-20(25-3)21(13)24)18-11-17(23)16-7-6-15(22)10-19(16)26-18/h4,6-10,18,22,24H,5,11H2,1-3H3. The Hall–Kier alpha value is -2.95. The molecule has 1 aliphatic heterocycles. The minimum Gasteiger partial charge on any atom is -0.508 e. The number of phenols is 2. The maximum absolute atomic E-state index is 12.5. The van der Waals surface area contributed by atoms with Gasteiger partial charge in [0.2, 0.25) is 0 Å². The number of benzene rings is 2. The maximum Gasteiger partial charge on any atom is 0.170 e. The summed E-state index contributed by atoms with van der Waals surface area (Å²) >= 11 is 0. The molecule has 5 nitrogen and oxygen atoms in total. The lowest BCUT2D eigenvalue weighted by atomic mass is 9.94. The van der Waals surface area contributed by atoms with E-state index < -0.39 is 6.10 Å². The van der Waals surface area contributed by atoms with Gasteiger partial charge < -0.3 is 19.7 Å². The van der Waals surface area contributed by atoms with Crippen LogP contribution in [0.1, 0.15) is 47.9 Å². The molecule has 0 bridgehead atoms. The van der Waals surface area contributed by atoms with Crippen LogP contribution in [0.3, 0.4) is 0 Å². The van der Waals surface area contributed by atoms with Crippen LogP contribution in [-0.4, -0.2) is 23.1 Å². The first-order valence-corrected chi connectivity index (χ1v) is 8.45. The number of ether oxygens (including phenoxy) is 2. The van der Waals surface area contributed by atoms with Gasteiger partial charge in [0.15, 0.2) is 17.3 Å². The molecule has 0 fully saturated rings. The Morgan fingerprint density at radius 1 is 1.27 bits per heavy atom. The normalized spacial score (nSPS) is 15.8. The van der Waals surface area contributed by atoms with Gasteiger partial charge in [0.1, 0.15) is 17.6 Å². The quantitative estimate of drug-likeness (QED) is 0.800. The summed E-state index contributed by atoms with van der Waals surface area (Å²) in [6.45, 7) is 3.98. The molecule has 2 N–H and O–H groups in total. The molecule has 5 heteroatoms. The van der Waals surface area contributed by atoms with Gasteiger partial charge in [-0.15, -0.1) is 0 Å². The third-order valence-electron chi connectivity index (χ3n) is 4.40. The summed E-state index contributed by atoms with van der Waals surface area (Å²) in [5, 5.41) is 20.0. The summed E-state index contributed by atoms with van der Waals surface area (Å²) in [7, 11) is 1.49. The van der Waals surface area contributed by atoms with Crippen LogP contribution in [0, 0.1) is 0 Å². The largest absolute Gasteiger partial charge is 0.508 e. The van der Waals surface area contributed by atoms with Gasteiger partial charge in [0.25, 0.3) is 0 Å². The third kappa shape index (κ3) is 3.52. The summed E-state index contributed by atoms with van der Waals surface area (Å²) in [4.78, 5) is 12.5. The van der Waals surface area contributed by atoms with E-state index in [0.717, 1.165) is 11.1 Å². The molecular weight excluding hydrogens is 332 g/mol. The van der Waals surface area contributed by atoms with Crippen LogP contribution in [0.5, 0.6) is 23.0 Å². The highest BCUT2D eigenvalue weighted by molar-refractivity contribution is 6.00. The molecule has 0 aromatic heterocycles. The Labute approximate surface area is 152 Å². The van der Waals surface area contributed by atoms with Crippen LogP contribution in [0.2, 0.25) is 0 Å². The molecule has 0 spiro atoms. The van der Waals surface area contributed by atoms with Crippen LogP contribution in [-0.2, 0) is 6.42 Å². The lowest BCUT2D eigenvalue weighted by molar-refractivity contribution is 0.0849. The van der Waals surface area contributed by atoms with E-state index in [9.17, 15) is 15.0 Å². The smallest absolute Gasteiger partial charge is 0.170 e. The fourth-order valence-corrected chi connectivity index (χ4v) is 3.00. The van der Waals surface area contributed by atoms with Gasteiger partial charge in [-0.05, 0) is 50.1 Å². The number of hydrogen-bond donors (Lipinski definition) is 2. The molecule has 1 unspecified atom stereocenters. The van der Waals surface area contributed by atoms with Crippen molar-refractivity contribution in [1.82, 2.24) is 0 Å². The number of hydrogen-bond acceptors (Lipinski definition) is 5. The molecule has 2 aromatic rings. The van der Waals surface area contributed by atoms with Crippen molar-refractivity contribution in [2.45, 2.75) is 32.8 Å². The number of allylic oxidation sites excluding steroid dienone is 2. The van der Waals surface area contributed by atoms with Crippen LogP contribution < -0.4 is 9.47 Å². The Bertz CT molecular complexity index is 878. The summed E-state index contributed by atoms with van der Waals surface area (Å²) in [5.41, 5.74) is 3.06. The average molecular weight is 354 g/mol. The van der Waals surface area contributed by atoms with Gasteiger partial charge in [0, 0.05) is 11.6 Å². The minimum absolute atomic E-state index is 0.0460. The number of phenolic OH excluding ortho intramolecular Hbond substituents is 2. The number of rotatable bonds is 4. The molecule has 2 aromatic carbocycles. The molecule has 0 aliphatic carbocycles. The first-order chi connectivity index (χ1) is 12.4. The van der Waals surface area contributed by atoms with Gasteiger partial charge in [-0.1, -0.05) is 11.6 Å². The SMILES string of the molecule is COc1cc(C2CC(=O)c3ccc(O)cc3O2)cc(CC=C(C)C)c1O. The molecule has 0 saturated carbocycles. The zero-order valence-electron chi connectivity index (χ0n) is 15.1. The van der Waals surface area contributed by atoms with Crippen molar-refractivity contribution < 1.29 is 24.5 Å². The van der Waals surface area contributed by atoms with Crippen molar-refractivity contribution in [3.05, 3.63) is 58.7 Å². The zero-order valence-corrected chi connectivity index (χ0v) is 15.1. The van der Waals surface area contributed by atoms with Crippen LogP contribution in [0.4, 0.5) is 0 Å². The van der Waals surface area contributed by atoms with Crippen LogP contribution >= 0.6 is 0 Å². The van der Waals surface area contributed by atoms with E-state index in [1.165, 1.54) is 19.2 Å². The Morgan fingerprint density at radius 3 is 2.73 bits per heavy atom. The fraction of sp³-hybridized carbons (Fsp3) is 0.286. The molecule has 0 amide bonds. The molecule has 0 saturated heterocycles. The number of carbonyl (C=O) groups is 1. The molecule has 136 valence electrons. The third-order valence-corrected chi connectivity index (χ3v) is 4.40. The summed E-state index contributed by atoms with van der Waals surface area (Å²) < 4.78 is 11.2. The second kappa shape index (κ2) is 7.12. The Morgan fingerprint density at radius 2 is 2.04 bits per heavy atom. The first kappa shape index (κ1) is 17.9. The van der Waals surface area contributed by atoms with Crippen LogP contribution in [0.15, 0.2) is 42.0 Å². The van der Waals surface area contributed by atoms with Gasteiger partial charge in [-0.2, -0.15) is 0 Å². The molecule has 0 radical (unpaired) electrons. The lowest BCUT2D eigenvalue weighted by Crippen LogP contribution is -2.20. The average Bonchev–Trinajstić information content (AvgIpc) is 2.60. The zero-order chi connectivity index (χ0) is 18.8. The van der Waals surface area contributed by atoms with Crippen molar-refractivity contribution in [2.24, 2.45) is 0 Å². The van der Waals surface area contributed by atoms with Gasteiger partial charge in [-0.25, -0.2) is 0 Å². The van der Waals surface area contributed by atoms with Crippen molar-refractivity contribution in [2.75, 3.05) is 7.11 Å².